The second kappa shape index (κ2) is 4.62. The molecule has 0 spiro atoms. The van der Waals surface area contributed by atoms with Crippen molar-refractivity contribution >= 4 is 34.3 Å². The minimum atomic E-state index is -0.420. The summed E-state index contributed by atoms with van der Waals surface area (Å²) in [6.07, 6.45) is 0. The van der Waals surface area contributed by atoms with Crippen molar-refractivity contribution in [1.29, 1.82) is 0 Å². The van der Waals surface area contributed by atoms with Crippen molar-refractivity contribution in [3.05, 3.63) is 50.3 Å². The molecule has 0 atom stereocenters. The van der Waals surface area contributed by atoms with Crippen LogP contribution in [0.4, 0.5) is 4.39 Å². The lowest BCUT2D eigenvalue weighted by Gasteiger charge is -1.96. The van der Waals surface area contributed by atoms with Gasteiger partial charge >= 0.3 is 0 Å². The number of thiophene rings is 2. The molecule has 1 amide bonds. The maximum absolute atomic E-state index is 13.2. The number of hydrogen-bond acceptors (Lipinski definition) is 4. The highest BCUT2D eigenvalue weighted by Gasteiger charge is 2.34. The van der Waals surface area contributed by atoms with Crippen molar-refractivity contribution in [2.75, 3.05) is 0 Å². The van der Waals surface area contributed by atoms with Gasteiger partial charge in [0, 0.05) is 5.38 Å². The highest BCUT2D eigenvalue weighted by atomic mass is 32.1. The number of hydrogen-bond donors (Lipinski definition) is 2. The van der Waals surface area contributed by atoms with Crippen molar-refractivity contribution in [3.8, 4) is 16.5 Å². The molecule has 0 unspecified atom stereocenters. The minimum Gasteiger partial charge on any atom is -0.494 e. The van der Waals surface area contributed by atoms with Crippen molar-refractivity contribution in [2.45, 2.75) is 6.92 Å². The molecular weight excluding hydrogens is 323 g/mol. The molecule has 3 aromatic heterocycles. The maximum Gasteiger partial charge on any atom is 0.280 e. The number of carbonyl (C=O) groups is 1. The van der Waals surface area contributed by atoms with Gasteiger partial charge in [-0.2, -0.15) is 0 Å². The summed E-state index contributed by atoms with van der Waals surface area (Å²) in [4.78, 5) is 20.5. The fourth-order valence-corrected chi connectivity index (χ4v) is 4.16. The number of aromatic amines is 1. The topological polar surface area (TPSA) is 65.5 Å². The maximum atomic E-state index is 13.2. The molecule has 0 bridgehead atoms. The van der Waals surface area contributed by atoms with E-state index >= 15 is 0 Å². The summed E-state index contributed by atoms with van der Waals surface area (Å²) >= 11 is 2.63. The Kier molecular flexibility index (Phi) is 2.82. The van der Waals surface area contributed by atoms with Crippen LogP contribution in [0.15, 0.2) is 27.9 Å². The van der Waals surface area contributed by atoms with E-state index in [1.54, 1.807) is 0 Å². The molecule has 0 radical (unpaired) electrons. The Morgan fingerprint density at radius 2 is 1.95 bits per heavy atom. The zero-order valence-electron chi connectivity index (χ0n) is 11.3. The summed E-state index contributed by atoms with van der Waals surface area (Å²) in [5, 5.41) is 13.5. The number of rotatable bonds is 2. The van der Waals surface area contributed by atoms with E-state index in [1.165, 1.54) is 34.1 Å². The predicted octanol–water partition coefficient (Wildman–Crippen LogP) is 3.95. The Morgan fingerprint density at radius 1 is 1.18 bits per heavy atom. The number of nitrogens with zero attached hydrogens (tertiary/aromatic N) is 1. The van der Waals surface area contributed by atoms with Gasteiger partial charge in [0.1, 0.15) is 5.82 Å². The monoisotopic (exact) mass is 332 g/mol. The lowest BCUT2D eigenvalue weighted by molar-refractivity contribution is 0.101. The number of aromatic nitrogens is 1. The van der Waals surface area contributed by atoms with Crippen LogP contribution in [0.5, 0.6) is 5.88 Å². The van der Waals surface area contributed by atoms with Crippen molar-refractivity contribution in [3.63, 3.8) is 0 Å². The van der Waals surface area contributed by atoms with E-state index in [2.05, 4.69) is 9.98 Å². The SMILES string of the molecule is Cc1csc(C2=NC(=O)c3c(-c4cc(F)cs4)[nH]c(O)c32)c1. The first-order chi connectivity index (χ1) is 10.5. The van der Waals surface area contributed by atoms with Gasteiger partial charge in [-0.1, -0.05) is 0 Å². The molecule has 0 aromatic carbocycles. The molecular formula is C15H9FN2O2S2. The summed E-state index contributed by atoms with van der Waals surface area (Å²) in [6, 6.07) is 3.25. The van der Waals surface area contributed by atoms with Crippen molar-refractivity contribution in [2.24, 2.45) is 4.99 Å². The second-order valence-electron chi connectivity index (χ2n) is 4.98. The van der Waals surface area contributed by atoms with Gasteiger partial charge in [-0.05, 0) is 30.0 Å². The van der Waals surface area contributed by atoms with E-state index < -0.39 is 5.91 Å². The second-order valence-corrected chi connectivity index (χ2v) is 6.80. The molecule has 4 nitrogen and oxygen atoms in total. The minimum absolute atomic E-state index is 0.116. The van der Waals surface area contributed by atoms with Crippen LogP contribution in [0.2, 0.25) is 0 Å². The summed E-state index contributed by atoms with van der Waals surface area (Å²) < 4.78 is 13.2. The van der Waals surface area contributed by atoms with Crippen molar-refractivity contribution < 1.29 is 14.3 Å². The number of H-pyrrole nitrogens is 1. The summed E-state index contributed by atoms with van der Waals surface area (Å²) in [6.45, 7) is 1.95. The first kappa shape index (κ1) is 13.4. The molecule has 1 aliphatic heterocycles. The molecule has 4 heterocycles. The van der Waals surface area contributed by atoms with Crippen LogP contribution in [0.1, 0.15) is 26.4 Å². The Morgan fingerprint density at radius 3 is 2.59 bits per heavy atom. The third-order valence-corrected chi connectivity index (χ3v) is 5.40. The van der Waals surface area contributed by atoms with E-state index in [1.807, 2.05) is 18.4 Å². The third kappa shape index (κ3) is 1.86. The van der Waals surface area contributed by atoms with Crippen LogP contribution in [0.3, 0.4) is 0 Å². The van der Waals surface area contributed by atoms with E-state index in [0.717, 1.165) is 10.4 Å². The quantitative estimate of drug-likeness (QED) is 0.746. The zero-order valence-corrected chi connectivity index (χ0v) is 12.9. The molecule has 22 heavy (non-hydrogen) atoms. The van der Waals surface area contributed by atoms with E-state index in [4.69, 9.17) is 0 Å². The average molecular weight is 332 g/mol. The number of aromatic hydroxyl groups is 1. The fourth-order valence-electron chi connectivity index (χ4n) is 2.51. The van der Waals surface area contributed by atoms with Crippen LogP contribution in [-0.4, -0.2) is 21.7 Å². The molecule has 7 heteroatoms. The first-order valence-corrected chi connectivity index (χ1v) is 8.18. The number of nitrogens with one attached hydrogen (secondary N) is 1. The zero-order chi connectivity index (χ0) is 15.4. The Balaban J connectivity index is 1.91. The molecule has 3 aromatic rings. The van der Waals surface area contributed by atoms with Gasteiger partial charge in [0.25, 0.3) is 5.91 Å². The average Bonchev–Trinajstić information content (AvgIpc) is 3.19. The smallest absolute Gasteiger partial charge is 0.280 e. The molecule has 110 valence electrons. The van der Waals surface area contributed by atoms with Crippen LogP contribution >= 0.6 is 22.7 Å². The van der Waals surface area contributed by atoms with Gasteiger partial charge in [0.05, 0.1) is 32.3 Å². The number of fused-ring (bicyclic) bond motifs is 1. The Bertz CT molecular complexity index is 949. The number of aliphatic imine (C=N–C) groups is 1. The number of carbonyl (C=O) groups excluding carboxylic acids is 1. The molecule has 0 saturated heterocycles. The van der Waals surface area contributed by atoms with Crippen molar-refractivity contribution in [1.82, 2.24) is 4.98 Å². The van der Waals surface area contributed by atoms with Gasteiger partial charge in [0.15, 0.2) is 5.88 Å². The lowest BCUT2D eigenvalue weighted by atomic mass is 10.1. The largest absolute Gasteiger partial charge is 0.494 e. The summed E-state index contributed by atoms with van der Waals surface area (Å²) in [5.74, 6) is -0.908. The van der Waals surface area contributed by atoms with Crippen LogP contribution in [-0.2, 0) is 0 Å². The van der Waals surface area contributed by atoms with Gasteiger partial charge < -0.3 is 10.1 Å². The van der Waals surface area contributed by atoms with Crippen LogP contribution < -0.4 is 0 Å². The standard InChI is InChI=1S/C15H9FN2O2S2/c1-6-2-8(21-4-6)12-10-11(15(20)17-12)13(18-14(10)19)9-3-7(16)5-22-9/h2-5,18-19H,1H3. The number of aryl methyl sites for hydroxylation is 1. The van der Waals surface area contributed by atoms with Crippen LogP contribution in [0, 0.1) is 12.7 Å². The molecule has 0 aliphatic carbocycles. The molecule has 1 aliphatic rings. The molecule has 0 fully saturated rings. The number of halogens is 1. The van der Waals surface area contributed by atoms with Gasteiger partial charge in [-0.3, -0.25) is 4.79 Å². The van der Waals surface area contributed by atoms with E-state index in [-0.39, 0.29) is 11.7 Å². The summed E-state index contributed by atoms with van der Waals surface area (Å²) in [5.41, 5.74) is 2.66. The van der Waals surface area contributed by atoms with Gasteiger partial charge in [-0.25, -0.2) is 9.38 Å². The Hall–Kier alpha value is -2.25. The van der Waals surface area contributed by atoms with E-state index in [9.17, 15) is 14.3 Å². The Labute approximate surface area is 132 Å². The fraction of sp³-hybridized carbons (Fsp3) is 0.0667. The highest BCUT2D eigenvalue weighted by Crippen LogP contribution is 2.40. The number of amides is 1. The third-order valence-electron chi connectivity index (χ3n) is 3.42. The molecule has 2 N–H and O–H groups in total. The van der Waals surface area contributed by atoms with Gasteiger partial charge in [0.2, 0.25) is 0 Å². The normalized spacial score (nSPS) is 13.5. The molecule has 0 saturated carbocycles. The van der Waals surface area contributed by atoms with Gasteiger partial charge in [-0.15, -0.1) is 22.7 Å². The molecule has 4 rings (SSSR count). The highest BCUT2D eigenvalue weighted by molar-refractivity contribution is 7.13. The van der Waals surface area contributed by atoms with E-state index in [0.29, 0.717) is 27.4 Å². The lowest BCUT2D eigenvalue weighted by Crippen LogP contribution is -1.96. The first-order valence-electron chi connectivity index (χ1n) is 6.43. The summed E-state index contributed by atoms with van der Waals surface area (Å²) in [7, 11) is 0. The predicted molar refractivity (Wildman–Crippen MR) is 84.8 cm³/mol. The van der Waals surface area contributed by atoms with Crippen LogP contribution in [0.25, 0.3) is 10.6 Å².